The Balaban J connectivity index is 1.04. The third-order valence-corrected chi connectivity index (χ3v) is 8.09. The standard InChI is InChI=1S/C29H36N6O/c1-20(31-13-27(36)18-33-10-9-22-5-3-4-6-24(22)14-33)28-19-35-15-23(7-8-29(35)32-28)21(2)34-16-25-11-30-12-26(25)17-34/h3-8,15,19,25-27,30-31,36H,1-2,9-14,16-18H2. The number of aliphatic hydroxyl groups is 1. The van der Waals surface area contributed by atoms with E-state index in [1.54, 1.807) is 0 Å². The van der Waals surface area contributed by atoms with Crippen molar-refractivity contribution in [1.82, 2.24) is 29.8 Å². The van der Waals surface area contributed by atoms with Gasteiger partial charge in [-0.25, -0.2) is 4.98 Å². The Morgan fingerprint density at radius 2 is 1.86 bits per heavy atom. The van der Waals surface area contributed by atoms with Crippen LogP contribution >= 0.6 is 0 Å². The van der Waals surface area contributed by atoms with Crippen LogP contribution in [-0.4, -0.2) is 76.2 Å². The first-order chi connectivity index (χ1) is 17.5. The van der Waals surface area contributed by atoms with Crippen molar-refractivity contribution in [1.29, 1.82) is 0 Å². The molecule has 2 saturated heterocycles. The lowest BCUT2D eigenvalue weighted by Gasteiger charge is -2.30. The predicted octanol–water partition coefficient (Wildman–Crippen LogP) is 2.44. The molecule has 3 aliphatic rings. The van der Waals surface area contributed by atoms with Gasteiger partial charge < -0.3 is 25.0 Å². The maximum atomic E-state index is 10.7. The van der Waals surface area contributed by atoms with Crippen LogP contribution in [0, 0.1) is 11.8 Å². The number of benzene rings is 1. The molecular formula is C29H36N6O. The minimum absolute atomic E-state index is 0.444. The van der Waals surface area contributed by atoms with Crippen LogP contribution in [0.4, 0.5) is 0 Å². The first kappa shape index (κ1) is 23.3. The fraction of sp³-hybridized carbons (Fsp3) is 0.414. The topological polar surface area (TPSA) is 68.1 Å². The summed E-state index contributed by atoms with van der Waals surface area (Å²) < 4.78 is 2.04. The number of hydrogen-bond donors (Lipinski definition) is 3. The molecule has 6 rings (SSSR count). The summed E-state index contributed by atoms with van der Waals surface area (Å²) in [6, 6.07) is 12.7. The summed E-state index contributed by atoms with van der Waals surface area (Å²) in [5.74, 6) is 1.47. The van der Waals surface area contributed by atoms with Gasteiger partial charge in [0.05, 0.1) is 11.8 Å². The van der Waals surface area contributed by atoms with Gasteiger partial charge in [0.1, 0.15) is 11.3 Å². The molecule has 7 nitrogen and oxygen atoms in total. The van der Waals surface area contributed by atoms with Gasteiger partial charge in [0.25, 0.3) is 0 Å². The molecular weight excluding hydrogens is 448 g/mol. The molecule has 0 spiro atoms. The summed E-state index contributed by atoms with van der Waals surface area (Å²) in [4.78, 5) is 9.48. The second-order valence-corrected chi connectivity index (χ2v) is 10.6. The molecule has 1 aromatic carbocycles. The van der Waals surface area contributed by atoms with Crippen LogP contribution in [0.15, 0.2) is 61.9 Å². The maximum Gasteiger partial charge on any atom is 0.137 e. The second kappa shape index (κ2) is 9.73. The van der Waals surface area contributed by atoms with Crippen molar-refractivity contribution < 1.29 is 5.11 Å². The summed E-state index contributed by atoms with van der Waals surface area (Å²) in [6.07, 6.45) is 4.66. The van der Waals surface area contributed by atoms with E-state index in [1.165, 1.54) is 11.1 Å². The third kappa shape index (κ3) is 4.66. The lowest BCUT2D eigenvalue weighted by Crippen LogP contribution is -2.40. The minimum atomic E-state index is -0.478. The van der Waals surface area contributed by atoms with Crippen molar-refractivity contribution in [2.24, 2.45) is 11.8 Å². The molecule has 5 heterocycles. The molecule has 3 unspecified atom stereocenters. The number of rotatable bonds is 8. The molecule has 7 heteroatoms. The van der Waals surface area contributed by atoms with E-state index < -0.39 is 6.10 Å². The van der Waals surface area contributed by atoms with Gasteiger partial charge in [0, 0.05) is 76.0 Å². The van der Waals surface area contributed by atoms with E-state index in [9.17, 15) is 5.11 Å². The molecule has 3 aromatic rings. The Labute approximate surface area is 213 Å². The zero-order chi connectivity index (χ0) is 24.6. The zero-order valence-corrected chi connectivity index (χ0v) is 20.9. The Hall–Kier alpha value is -3.13. The molecule has 3 aliphatic heterocycles. The smallest absolute Gasteiger partial charge is 0.137 e. The molecule has 0 radical (unpaired) electrons. The normalized spacial score (nSPS) is 22.4. The fourth-order valence-corrected chi connectivity index (χ4v) is 5.97. The predicted molar refractivity (Wildman–Crippen MR) is 144 cm³/mol. The quantitative estimate of drug-likeness (QED) is 0.456. The summed E-state index contributed by atoms with van der Waals surface area (Å²) in [6.45, 7) is 15.9. The van der Waals surface area contributed by atoms with E-state index in [1.807, 2.05) is 16.7 Å². The number of pyridine rings is 1. The number of nitrogens with one attached hydrogen (secondary N) is 2. The first-order valence-corrected chi connectivity index (χ1v) is 13.1. The highest BCUT2D eigenvalue weighted by atomic mass is 16.3. The van der Waals surface area contributed by atoms with Gasteiger partial charge in [-0.3, -0.25) is 4.90 Å². The molecule has 0 aliphatic carbocycles. The van der Waals surface area contributed by atoms with Crippen molar-refractivity contribution in [2.45, 2.75) is 19.1 Å². The number of likely N-dealkylation sites (tertiary alicyclic amines) is 1. The van der Waals surface area contributed by atoms with Crippen molar-refractivity contribution >= 4 is 17.0 Å². The molecule has 2 fully saturated rings. The average molecular weight is 485 g/mol. The average Bonchev–Trinajstić information content (AvgIpc) is 3.61. The van der Waals surface area contributed by atoms with Crippen molar-refractivity contribution in [3.63, 3.8) is 0 Å². The molecule has 36 heavy (non-hydrogen) atoms. The number of aromatic nitrogens is 2. The van der Waals surface area contributed by atoms with Gasteiger partial charge >= 0.3 is 0 Å². The van der Waals surface area contributed by atoms with Gasteiger partial charge in [0.2, 0.25) is 0 Å². The number of fused-ring (bicyclic) bond motifs is 3. The van der Waals surface area contributed by atoms with Crippen molar-refractivity contribution in [3.8, 4) is 0 Å². The Bertz CT molecular complexity index is 1270. The highest BCUT2D eigenvalue weighted by Gasteiger charge is 2.36. The van der Waals surface area contributed by atoms with Gasteiger partial charge in [-0.05, 0) is 41.5 Å². The van der Waals surface area contributed by atoms with Gasteiger partial charge in [-0.2, -0.15) is 0 Å². The Morgan fingerprint density at radius 1 is 1.08 bits per heavy atom. The van der Waals surface area contributed by atoms with E-state index in [4.69, 9.17) is 4.98 Å². The van der Waals surface area contributed by atoms with E-state index in [0.717, 1.165) is 85.8 Å². The van der Waals surface area contributed by atoms with Crippen LogP contribution in [0.2, 0.25) is 0 Å². The molecule has 3 N–H and O–H groups in total. The fourth-order valence-electron chi connectivity index (χ4n) is 5.97. The summed E-state index contributed by atoms with van der Waals surface area (Å²) in [7, 11) is 0. The summed E-state index contributed by atoms with van der Waals surface area (Å²) >= 11 is 0. The van der Waals surface area contributed by atoms with E-state index in [2.05, 4.69) is 70.1 Å². The van der Waals surface area contributed by atoms with Gasteiger partial charge in [-0.1, -0.05) is 37.4 Å². The van der Waals surface area contributed by atoms with Crippen LogP contribution in [0.25, 0.3) is 17.0 Å². The van der Waals surface area contributed by atoms with Crippen LogP contribution in [0.5, 0.6) is 0 Å². The van der Waals surface area contributed by atoms with Crippen molar-refractivity contribution in [3.05, 3.63) is 84.3 Å². The van der Waals surface area contributed by atoms with Gasteiger partial charge in [-0.15, -0.1) is 0 Å². The SMILES string of the molecule is C=C(NCC(O)CN1CCc2ccccc2C1)c1cn2cc(C(=C)N3CC4CNCC4C3)ccc2n1. The number of hydrogen-bond acceptors (Lipinski definition) is 6. The lowest BCUT2D eigenvalue weighted by atomic mass is 10.00. The first-order valence-electron chi connectivity index (χ1n) is 13.1. The number of imidazole rings is 1. The minimum Gasteiger partial charge on any atom is -0.390 e. The molecule has 0 saturated carbocycles. The number of nitrogens with zero attached hydrogens (tertiary/aromatic N) is 4. The largest absolute Gasteiger partial charge is 0.390 e. The van der Waals surface area contributed by atoms with E-state index >= 15 is 0 Å². The molecule has 3 atom stereocenters. The molecule has 0 bridgehead atoms. The zero-order valence-electron chi connectivity index (χ0n) is 20.9. The Morgan fingerprint density at radius 3 is 2.67 bits per heavy atom. The monoisotopic (exact) mass is 484 g/mol. The summed E-state index contributed by atoms with van der Waals surface area (Å²) in [5.41, 5.74) is 7.39. The number of aliphatic hydroxyl groups excluding tert-OH is 1. The molecule has 0 amide bonds. The van der Waals surface area contributed by atoms with E-state index in [-0.39, 0.29) is 0 Å². The van der Waals surface area contributed by atoms with Crippen molar-refractivity contribution in [2.75, 3.05) is 45.8 Å². The van der Waals surface area contributed by atoms with Gasteiger partial charge in [0.15, 0.2) is 0 Å². The second-order valence-electron chi connectivity index (χ2n) is 10.6. The van der Waals surface area contributed by atoms with Crippen LogP contribution in [0.1, 0.15) is 22.4 Å². The number of β-amino-alcohol motifs (C(OH)–C–C–N with tert-alkyl or cyclic N) is 1. The molecule has 188 valence electrons. The maximum absolute atomic E-state index is 10.7. The van der Waals surface area contributed by atoms with Crippen LogP contribution < -0.4 is 10.6 Å². The van der Waals surface area contributed by atoms with Crippen LogP contribution in [0.3, 0.4) is 0 Å². The van der Waals surface area contributed by atoms with Crippen LogP contribution in [-0.2, 0) is 13.0 Å². The summed E-state index contributed by atoms with van der Waals surface area (Å²) in [5, 5.41) is 17.5. The molecule has 2 aromatic heterocycles. The lowest BCUT2D eigenvalue weighted by molar-refractivity contribution is 0.107. The highest BCUT2D eigenvalue weighted by Crippen LogP contribution is 2.32. The highest BCUT2D eigenvalue weighted by molar-refractivity contribution is 5.65. The van der Waals surface area contributed by atoms with E-state index in [0.29, 0.717) is 13.1 Å². The third-order valence-electron chi connectivity index (χ3n) is 8.09. The Kier molecular flexibility index (Phi) is 6.29.